The van der Waals surface area contributed by atoms with Crippen molar-refractivity contribution in [1.29, 1.82) is 0 Å². The number of fused-ring (bicyclic) bond motifs is 1. The van der Waals surface area contributed by atoms with Crippen molar-refractivity contribution in [3.05, 3.63) is 35.5 Å². The number of pyridine rings is 1. The van der Waals surface area contributed by atoms with Gasteiger partial charge in [-0.25, -0.2) is 19.3 Å². The Morgan fingerprint density at radius 1 is 1.32 bits per heavy atom. The molecule has 0 aromatic carbocycles. The maximum Gasteiger partial charge on any atom is 0.242 e. The zero-order chi connectivity index (χ0) is 19.9. The fourth-order valence-corrected chi connectivity index (χ4v) is 3.58. The molecule has 146 valence electrons. The van der Waals surface area contributed by atoms with Crippen LogP contribution < -0.4 is 10.6 Å². The molecule has 3 aromatic heterocycles. The lowest BCUT2D eigenvalue weighted by atomic mass is 9.99. The van der Waals surface area contributed by atoms with Gasteiger partial charge in [-0.3, -0.25) is 4.79 Å². The molecule has 9 heteroatoms. The second-order valence-electron chi connectivity index (χ2n) is 7.60. The van der Waals surface area contributed by atoms with Crippen molar-refractivity contribution in [3.63, 3.8) is 0 Å². The van der Waals surface area contributed by atoms with E-state index in [2.05, 4.69) is 30.6 Å². The van der Waals surface area contributed by atoms with Gasteiger partial charge in [0, 0.05) is 28.9 Å². The van der Waals surface area contributed by atoms with E-state index >= 15 is 0 Å². The normalized spacial score (nSPS) is 19.3. The van der Waals surface area contributed by atoms with Gasteiger partial charge in [0.1, 0.15) is 11.7 Å². The summed E-state index contributed by atoms with van der Waals surface area (Å²) >= 11 is 6.04. The minimum absolute atomic E-state index is 0.00538. The van der Waals surface area contributed by atoms with Gasteiger partial charge >= 0.3 is 0 Å². The van der Waals surface area contributed by atoms with E-state index in [4.69, 9.17) is 11.6 Å². The Kier molecular flexibility index (Phi) is 4.66. The zero-order valence-electron chi connectivity index (χ0n) is 15.5. The van der Waals surface area contributed by atoms with E-state index in [1.54, 1.807) is 12.3 Å². The molecule has 0 radical (unpaired) electrons. The van der Waals surface area contributed by atoms with Gasteiger partial charge in [-0.2, -0.15) is 0 Å². The molecule has 1 fully saturated rings. The van der Waals surface area contributed by atoms with Gasteiger partial charge in [0.25, 0.3) is 0 Å². The summed E-state index contributed by atoms with van der Waals surface area (Å²) in [6.45, 7) is 3.96. The number of aromatic amines is 1. The van der Waals surface area contributed by atoms with Crippen molar-refractivity contribution in [1.82, 2.24) is 25.3 Å². The number of anilines is 1. The second-order valence-corrected chi connectivity index (χ2v) is 8.04. The first-order valence-electron chi connectivity index (χ1n) is 9.06. The predicted octanol–water partition coefficient (Wildman–Crippen LogP) is 3.67. The summed E-state index contributed by atoms with van der Waals surface area (Å²) in [7, 11) is 0. The van der Waals surface area contributed by atoms with Crippen molar-refractivity contribution in [3.8, 4) is 11.4 Å². The van der Waals surface area contributed by atoms with E-state index in [0.29, 0.717) is 28.5 Å². The molecular weight excluding hydrogens is 383 g/mol. The van der Waals surface area contributed by atoms with E-state index in [1.807, 2.05) is 13.8 Å². The number of hydrogen-bond acceptors (Lipinski definition) is 5. The summed E-state index contributed by atoms with van der Waals surface area (Å²) < 4.78 is 14.4. The fraction of sp³-hybridized carbons (Fsp3) is 0.368. The van der Waals surface area contributed by atoms with Crippen LogP contribution in [0.15, 0.2) is 24.7 Å². The third-order valence-electron chi connectivity index (χ3n) is 4.87. The number of nitrogens with zero attached hydrogens (tertiary/aromatic N) is 3. The maximum absolute atomic E-state index is 14.4. The first kappa shape index (κ1) is 18.6. The SMILES string of the molecule is CC1(C)CCCC(Nc2nc(-c3c[nH]c4ncc(Cl)cc34)ncc2F)C(=O)N1. The quantitative estimate of drug-likeness (QED) is 0.621. The molecule has 1 amide bonds. The average molecular weight is 403 g/mol. The van der Waals surface area contributed by atoms with Gasteiger partial charge in [-0.05, 0) is 39.2 Å². The molecule has 0 spiro atoms. The molecule has 28 heavy (non-hydrogen) atoms. The number of amides is 1. The number of aromatic nitrogens is 4. The number of halogens is 2. The Balaban J connectivity index is 1.66. The number of carbonyl (C=O) groups excluding carboxylic acids is 1. The molecule has 3 N–H and O–H groups in total. The highest BCUT2D eigenvalue weighted by atomic mass is 35.5. The van der Waals surface area contributed by atoms with E-state index in [0.717, 1.165) is 24.4 Å². The van der Waals surface area contributed by atoms with E-state index in [9.17, 15) is 9.18 Å². The molecule has 0 saturated carbocycles. The highest BCUT2D eigenvalue weighted by Gasteiger charge is 2.30. The van der Waals surface area contributed by atoms with Gasteiger partial charge in [0.15, 0.2) is 17.5 Å². The maximum atomic E-state index is 14.4. The number of rotatable bonds is 3. The topological polar surface area (TPSA) is 95.6 Å². The number of H-pyrrole nitrogens is 1. The van der Waals surface area contributed by atoms with Crippen LogP contribution >= 0.6 is 11.6 Å². The molecule has 7 nitrogen and oxygen atoms in total. The van der Waals surface area contributed by atoms with Crippen LogP contribution in [0, 0.1) is 5.82 Å². The van der Waals surface area contributed by atoms with Crippen molar-refractivity contribution < 1.29 is 9.18 Å². The minimum atomic E-state index is -0.615. The van der Waals surface area contributed by atoms with Crippen molar-refractivity contribution in [2.24, 2.45) is 0 Å². The molecule has 1 saturated heterocycles. The Morgan fingerprint density at radius 3 is 2.96 bits per heavy atom. The summed E-state index contributed by atoms with van der Waals surface area (Å²) in [6, 6.07) is 1.19. The van der Waals surface area contributed by atoms with E-state index in [-0.39, 0.29) is 17.3 Å². The summed E-state index contributed by atoms with van der Waals surface area (Å²) in [5.41, 5.74) is 1.01. The number of hydrogen-bond donors (Lipinski definition) is 3. The molecule has 3 aromatic rings. The molecule has 1 unspecified atom stereocenters. The van der Waals surface area contributed by atoms with E-state index in [1.165, 1.54) is 6.20 Å². The van der Waals surface area contributed by atoms with Crippen LogP contribution in [0.2, 0.25) is 5.02 Å². The summed E-state index contributed by atoms with van der Waals surface area (Å²) in [4.78, 5) is 28.2. The second kappa shape index (κ2) is 7.01. The third kappa shape index (κ3) is 3.64. The van der Waals surface area contributed by atoms with E-state index < -0.39 is 11.9 Å². The van der Waals surface area contributed by atoms with Crippen LogP contribution in [0.3, 0.4) is 0 Å². The molecule has 0 bridgehead atoms. The summed E-state index contributed by atoms with van der Waals surface area (Å²) in [6.07, 6.45) is 6.63. The van der Waals surface area contributed by atoms with Crippen LogP contribution in [0.25, 0.3) is 22.4 Å². The van der Waals surface area contributed by atoms with Crippen LogP contribution in [-0.4, -0.2) is 37.4 Å². The average Bonchev–Trinajstić information content (AvgIpc) is 2.99. The molecule has 0 aliphatic carbocycles. The summed E-state index contributed by atoms with van der Waals surface area (Å²) in [5.74, 6) is -0.469. The molecule has 4 heterocycles. The Bertz CT molecular complexity index is 1050. The predicted molar refractivity (Wildman–Crippen MR) is 106 cm³/mol. The lowest BCUT2D eigenvalue weighted by Crippen LogP contribution is -2.47. The molecule has 1 aliphatic heterocycles. The van der Waals surface area contributed by atoms with Gasteiger partial charge in [0.05, 0.1) is 11.2 Å². The molecular formula is C19H20ClFN6O. The number of nitrogens with one attached hydrogen (secondary N) is 3. The summed E-state index contributed by atoms with van der Waals surface area (Å²) in [5, 5.41) is 7.15. The Morgan fingerprint density at radius 2 is 2.14 bits per heavy atom. The fourth-order valence-electron chi connectivity index (χ4n) is 3.43. The van der Waals surface area contributed by atoms with Gasteiger partial charge in [-0.15, -0.1) is 0 Å². The van der Waals surface area contributed by atoms with Gasteiger partial charge in [0.2, 0.25) is 5.91 Å². The monoisotopic (exact) mass is 402 g/mol. The third-order valence-corrected chi connectivity index (χ3v) is 5.07. The number of carbonyl (C=O) groups is 1. The smallest absolute Gasteiger partial charge is 0.242 e. The lowest BCUT2D eigenvalue weighted by molar-refractivity contribution is -0.122. The lowest BCUT2D eigenvalue weighted by Gasteiger charge is -2.24. The van der Waals surface area contributed by atoms with Crippen LogP contribution in [-0.2, 0) is 4.79 Å². The Labute approximate surface area is 166 Å². The van der Waals surface area contributed by atoms with Crippen molar-refractivity contribution in [2.75, 3.05) is 5.32 Å². The van der Waals surface area contributed by atoms with Crippen LogP contribution in [0.4, 0.5) is 10.2 Å². The molecule has 4 rings (SSSR count). The highest BCUT2D eigenvalue weighted by molar-refractivity contribution is 6.31. The first-order chi connectivity index (χ1) is 13.3. The van der Waals surface area contributed by atoms with Crippen molar-refractivity contribution >= 4 is 34.4 Å². The van der Waals surface area contributed by atoms with Crippen LogP contribution in [0.1, 0.15) is 33.1 Å². The zero-order valence-corrected chi connectivity index (χ0v) is 16.3. The molecule has 1 aliphatic rings. The standard InChI is InChI=1S/C19H20ClFN6O/c1-19(2)5-3-4-14(18(28)27-19)25-17-13(21)9-24-16(26-17)12-8-23-15-11(12)6-10(20)7-22-15/h6-9,14H,3-5H2,1-2H3,(H,22,23)(H,27,28)(H,24,25,26). The minimum Gasteiger partial charge on any atom is -0.356 e. The molecule has 1 atom stereocenters. The largest absolute Gasteiger partial charge is 0.356 e. The van der Waals surface area contributed by atoms with Gasteiger partial charge < -0.3 is 15.6 Å². The van der Waals surface area contributed by atoms with Gasteiger partial charge in [-0.1, -0.05) is 11.6 Å². The highest BCUT2D eigenvalue weighted by Crippen LogP contribution is 2.28. The van der Waals surface area contributed by atoms with Crippen molar-refractivity contribution in [2.45, 2.75) is 44.7 Å². The Hall–Kier alpha value is -2.74. The van der Waals surface area contributed by atoms with Crippen LogP contribution in [0.5, 0.6) is 0 Å². The first-order valence-corrected chi connectivity index (χ1v) is 9.44.